The third kappa shape index (κ3) is 15.9. The number of amides is 6. The number of carbonyl (C=O) groups excluding carboxylic acids is 6. The van der Waals surface area contributed by atoms with Crippen molar-refractivity contribution in [1.29, 1.82) is 0 Å². The highest BCUT2D eigenvalue weighted by atomic mass is 16.2. The third-order valence-electron chi connectivity index (χ3n) is 8.68. The molecule has 4 atom stereocenters. The van der Waals surface area contributed by atoms with Gasteiger partial charge in [-0.15, -0.1) is 25.5 Å². The van der Waals surface area contributed by atoms with Gasteiger partial charge in [0.15, 0.2) is 0 Å². The maximum Gasteiger partial charge on any atom is 0.315 e. The van der Waals surface area contributed by atoms with Crippen LogP contribution in [0, 0.1) is 28.6 Å². The van der Waals surface area contributed by atoms with Gasteiger partial charge in [0, 0.05) is 39.5 Å². The molecule has 2 rings (SSSR count). The molecule has 6 amide bonds. The van der Waals surface area contributed by atoms with Gasteiger partial charge in [-0.1, -0.05) is 83.1 Å². The number of urea groups is 1. The molecular weight excluding hydrogens is 648 g/mol. The third-order valence-corrected chi connectivity index (χ3v) is 8.68. The fourth-order valence-electron chi connectivity index (χ4n) is 5.62. The number of hydrogen-bond donors (Lipinski definition) is 4. The van der Waals surface area contributed by atoms with Crippen molar-refractivity contribution in [3.05, 3.63) is 13.2 Å². The SMILES string of the molecule is C#CCCC(NC(=O)C1CCCN1C(=O)C(NC(=O)NC(CN1CCC(C)(C)CC1=O)C(C)(C)C)C(C)(C)C)C(=O)C(=O)NC.C=C.CC.CC. The smallest absolute Gasteiger partial charge is 0.315 e. The molecular formula is C39H70N6O6. The first-order valence-electron chi connectivity index (χ1n) is 18.4. The van der Waals surface area contributed by atoms with E-state index in [9.17, 15) is 28.8 Å². The summed E-state index contributed by atoms with van der Waals surface area (Å²) in [7, 11) is 1.32. The number of Topliss-reactive ketones (excluding diaryl/α,β-unsaturated/α-hetero) is 1. The van der Waals surface area contributed by atoms with Crippen LogP contribution in [0.4, 0.5) is 4.79 Å². The molecule has 0 bridgehead atoms. The van der Waals surface area contributed by atoms with Crippen LogP contribution in [0.25, 0.3) is 0 Å². The Morgan fingerprint density at radius 3 is 1.98 bits per heavy atom. The molecule has 4 N–H and O–H groups in total. The van der Waals surface area contributed by atoms with Gasteiger partial charge in [-0.25, -0.2) is 4.79 Å². The van der Waals surface area contributed by atoms with Gasteiger partial charge in [-0.05, 0) is 41.9 Å². The molecule has 4 unspecified atom stereocenters. The number of nitrogens with one attached hydrogen (secondary N) is 4. The van der Waals surface area contributed by atoms with E-state index in [0.29, 0.717) is 38.9 Å². The fourth-order valence-corrected chi connectivity index (χ4v) is 5.62. The number of carbonyl (C=O) groups is 6. The van der Waals surface area contributed by atoms with Crippen LogP contribution in [0.2, 0.25) is 0 Å². The quantitative estimate of drug-likeness (QED) is 0.136. The van der Waals surface area contributed by atoms with Crippen LogP contribution >= 0.6 is 0 Å². The molecule has 0 aromatic carbocycles. The van der Waals surface area contributed by atoms with Gasteiger partial charge in [0.25, 0.3) is 5.91 Å². The van der Waals surface area contributed by atoms with Crippen molar-refractivity contribution in [1.82, 2.24) is 31.1 Å². The minimum atomic E-state index is -1.12. The van der Waals surface area contributed by atoms with Gasteiger partial charge in [-0.2, -0.15) is 0 Å². The Kier molecular flexibility index (Phi) is 22.0. The summed E-state index contributed by atoms with van der Waals surface area (Å²) in [6, 6.07) is -3.91. The Morgan fingerprint density at radius 2 is 1.51 bits per heavy atom. The van der Waals surface area contributed by atoms with Crippen LogP contribution in [-0.4, -0.2) is 96.1 Å². The standard InChI is InChI=1S/C33H54N6O6.2C2H6.C2H4/c1-11-12-14-21(25(41)28(43)34-10)35-27(42)22-15-13-17-39(22)29(44)26(32(5,6)7)37-30(45)36-23(31(2,3)4)20-38-18-16-33(8,9)19-24(38)40;3*1-2/h1,21-23,26H,12-20H2,2-10H3,(H,34,43)(H,35,42)(H2,36,37,45);2*1-2H3;1-2H2. The fraction of sp³-hybridized carbons (Fsp3) is 0.744. The van der Waals surface area contributed by atoms with E-state index in [0.717, 1.165) is 6.42 Å². The summed E-state index contributed by atoms with van der Waals surface area (Å²) < 4.78 is 0. The second kappa shape index (κ2) is 22.8. The van der Waals surface area contributed by atoms with Crippen molar-refractivity contribution in [3.8, 4) is 12.3 Å². The van der Waals surface area contributed by atoms with Crippen molar-refractivity contribution in [2.24, 2.45) is 16.2 Å². The molecule has 0 spiro atoms. The topological polar surface area (TPSA) is 157 Å². The number of likely N-dealkylation sites (tertiary alicyclic amines) is 2. The number of hydrogen-bond acceptors (Lipinski definition) is 6. The highest BCUT2D eigenvalue weighted by Crippen LogP contribution is 2.32. The molecule has 0 saturated carbocycles. The predicted molar refractivity (Wildman–Crippen MR) is 206 cm³/mol. The van der Waals surface area contributed by atoms with Gasteiger partial charge in [0.2, 0.25) is 23.5 Å². The van der Waals surface area contributed by atoms with Gasteiger partial charge in [0.1, 0.15) is 12.1 Å². The number of terminal acetylenes is 1. The number of piperidine rings is 1. The lowest BCUT2D eigenvalue weighted by Gasteiger charge is -2.41. The van der Waals surface area contributed by atoms with E-state index >= 15 is 0 Å². The Balaban J connectivity index is 0. The summed E-state index contributed by atoms with van der Waals surface area (Å²) in [6.07, 6.45) is 7.84. The summed E-state index contributed by atoms with van der Waals surface area (Å²) in [6.45, 7) is 30.9. The van der Waals surface area contributed by atoms with E-state index in [1.807, 2.05) is 69.2 Å². The van der Waals surface area contributed by atoms with E-state index < -0.39 is 53.1 Å². The zero-order valence-corrected chi connectivity index (χ0v) is 34.0. The van der Waals surface area contributed by atoms with Crippen LogP contribution in [-0.2, 0) is 24.0 Å². The normalized spacial score (nSPS) is 18.3. The Bertz CT molecular complexity index is 1200. The molecule has 2 fully saturated rings. The average molecular weight is 719 g/mol. The molecule has 2 aliphatic rings. The predicted octanol–water partition coefficient (Wildman–Crippen LogP) is 4.82. The summed E-state index contributed by atoms with van der Waals surface area (Å²) >= 11 is 0. The first kappa shape index (κ1) is 49.2. The molecule has 0 aromatic heterocycles. The lowest BCUT2D eigenvalue weighted by Crippen LogP contribution is -2.62. The second-order valence-corrected chi connectivity index (χ2v) is 15.2. The van der Waals surface area contributed by atoms with Crippen molar-refractivity contribution < 1.29 is 28.8 Å². The Hall–Kier alpha value is -3.88. The summed E-state index contributed by atoms with van der Waals surface area (Å²) in [5, 5.41) is 10.8. The van der Waals surface area contributed by atoms with E-state index in [2.05, 4.69) is 54.2 Å². The highest BCUT2D eigenvalue weighted by molar-refractivity contribution is 6.38. The van der Waals surface area contributed by atoms with Crippen LogP contribution in [0.3, 0.4) is 0 Å². The molecule has 12 heteroatoms. The van der Waals surface area contributed by atoms with Gasteiger partial charge in [-0.3, -0.25) is 24.0 Å². The number of rotatable bonds is 11. The van der Waals surface area contributed by atoms with Crippen molar-refractivity contribution in [2.75, 3.05) is 26.7 Å². The minimum Gasteiger partial charge on any atom is -0.353 e. The van der Waals surface area contributed by atoms with Crippen LogP contribution in [0.1, 0.15) is 122 Å². The first-order chi connectivity index (χ1) is 23.7. The Morgan fingerprint density at radius 1 is 0.941 bits per heavy atom. The molecule has 292 valence electrons. The summed E-state index contributed by atoms with van der Waals surface area (Å²) in [5.41, 5.74) is -1.15. The minimum absolute atomic E-state index is 0.0531. The molecule has 2 aliphatic heterocycles. The number of nitrogens with zero attached hydrogens (tertiary/aromatic N) is 2. The van der Waals surface area contributed by atoms with Crippen molar-refractivity contribution in [3.63, 3.8) is 0 Å². The zero-order chi connectivity index (χ0) is 40.3. The van der Waals surface area contributed by atoms with Crippen molar-refractivity contribution >= 4 is 35.4 Å². The van der Waals surface area contributed by atoms with Gasteiger partial charge < -0.3 is 31.1 Å². The summed E-state index contributed by atoms with van der Waals surface area (Å²) in [4.78, 5) is 81.5. The first-order valence-corrected chi connectivity index (χ1v) is 18.4. The van der Waals surface area contributed by atoms with E-state index in [1.165, 1.54) is 11.9 Å². The van der Waals surface area contributed by atoms with Crippen LogP contribution in [0.5, 0.6) is 0 Å². The Labute approximate surface area is 309 Å². The molecule has 0 aliphatic carbocycles. The molecule has 12 nitrogen and oxygen atoms in total. The largest absolute Gasteiger partial charge is 0.353 e. The zero-order valence-electron chi connectivity index (χ0n) is 34.0. The highest BCUT2D eigenvalue weighted by Gasteiger charge is 2.43. The van der Waals surface area contributed by atoms with Gasteiger partial charge in [0.05, 0.1) is 12.1 Å². The molecule has 2 saturated heterocycles. The number of likely N-dealkylation sites (N-methyl/N-ethyl adjacent to an activating group) is 1. The molecule has 0 radical (unpaired) electrons. The molecule has 2 heterocycles. The van der Waals surface area contributed by atoms with E-state index in [-0.39, 0.29) is 35.6 Å². The lowest BCUT2D eigenvalue weighted by atomic mass is 9.81. The molecule has 0 aromatic rings. The van der Waals surface area contributed by atoms with Crippen molar-refractivity contribution in [2.45, 2.75) is 146 Å². The van der Waals surface area contributed by atoms with Crippen LogP contribution < -0.4 is 21.3 Å². The summed E-state index contributed by atoms with van der Waals surface area (Å²) in [5.74, 6) is -0.165. The van der Waals surface area contributed by atoms with E-state index in [4.69, 9.17) is 6.42 Å². The lowest BCUT2D eigenvalue weighted by molar-refractivity contribution is -0.143. The molecule has 51 heavy (non-hydrogen) atoms. The maximum absolute atomic E-state index is 14.0. The van der Waals surface area contributed by atoms with Gasteiger partial charge >= 0.3 is 6.03 Å². The number of ketones is 1. The monoisotopic (exact) mass is 719 g/mol. The second-order valence-electron chi connectivity index (χ2n) is 15.2. The van der Waals surface area contributed by atoms with E-state index in [1.54, 1.807) is 4.90 Å². The van der Waals surface area contributed by atoms with Crippen LogP contribution in [0.15, 0.2) is 13.2 Å². The average Bonchev–Trinajstić information content (AvgIpc) is 3.57. The maximum atomic E-state index is 14.0.